The van der Waals surface area contributed by atoms with Crippen LogP contribution in [0.4, 0.5) is 0 Å². The van der Waals surface area contributed by atoms with Gasteiger partial charge in [0.25, 0.3) is 0 Å². The van der Waals surface area contributed by atoms with E-state index in [2.05, 4.69) is 20.9 Å². The number of ether oxygens (including phenoxy) is 1. The molecule has 0 saturated carbocycles. The first kappa shape index (κ1) is 11.9. The monoisotopic (exact) mass is 278 g/mol. The molecule has 0 aliphatic rings. The van der Waals surface area contributed by atoms with E-state index in [1.54, 1.807) is 19.4 Å². The molecule has 0 amide bonds. The average Bonchev–Trinajstić information content (AvgIpc) is 2.09. The Balaban J connectivity index is 3.04. The lowest BCUT2D eigenvalue weighted by Gasteiger charge is -2.19. The lowest BCUT2D eigenvalue weighted by molar-refractivity contribution is 0.0819. The Morgan fingerprint density at radius 1 is 1.64 bits per heavy atom. The molecule has 0 fully saturated rings. The molecule has 1 rings (SSSR count). The van der Waals surface area contributed by atoms with Gasteiger partial charge in [0.1, 0.15) is 6.10 Å². The topological polar surface area (TPSA) is 48.1 Å². The van der Waals surface area contributed by atoms with Crippen LogP contribution in [0.1, 0.15) is 18.7 Å². The second kappa shape index (κ2) is 5.07. The Labute approximate surface area is 96.7 Å². The fourth-order valence-electron chi connectivity index (χ4n) is 1.21. The number of halogens is 2. The van der Waals surface area contributed by atoms with E-state index in [0.717, 1.165) is 4.47 Å². The number of rotatable bonds is 3. The minimum absolute atomic E-state index is 0.147. The van der Waals surface area contributed by atoms with Gasteiger partial charge in [0, 0.05) is 23.8 Å². The normalized spacial score (nSPS) is 15.2. The molecule has 0 bridgehead atoms. The Morgan fingerprint density at radius 3 is 2.71 bits per heavy atom. The minimum atomic E-state index is -0.268. The van der Waals surface area contributed by atoms with E-state index in [0.29, 0.717) is 10.7 Å². The van der Waals surface area contributed by atoms with Crippen LogP contribution in [-0.4, -0.2) is 18.1 Å². The van der Waals surface area contributed by atoms with Crippen LogP contribution < -0.4 is 5.73 Å². The van der Waals surface area contributed by atoms with Crippen molar-refractivity contribution in [1.82, 2.24) is 4.98 Å². The van der Waals surface area contributed by atoms with Gasteiger partial charge < -0.3 is 10.5 Å². The molecule has 0 aliphatic carbocycles. The number of nitrogens with zero attached hydrogens (tertiary/aromatic N) is 1. The van der Waals surface area contributed by atoms with Gasteiger partial charge in [-0.3, -0.25) is 4.98 Å². The van der Waals surface area contributed by atoms with E-state index >= 15 is 0 Å². The van der Waals surface area contributed by atoms with Gasteiger partial charge in [0.15, 0.2) is 0 Å². The van der Waals surface area contributed by atoms with Gasteiger partial charge in [-0.1, -0.05) is 11.6 Å². The second-order valence-electron chi connectivity index (χ2n) is 3.04. The molecule has 14 heavy (non-hydrogen) atoms. The standard InChI is InChI=1S/C9H12BrClN2O/c1-5(12)9(14-2)8-7(11)3-6(10)4-13-8/h3-5,9H,12H2,1-2H3. The first-order valence-electron chi connectivity index (χ1n) is 4.15. The quantitative estimate of drug-likeness (QED) is 0.925. The molecule has 0 aliphatic heterocycles. The molecule has 5 heteroatoms. The van der Waals surface area contributed by atoms with Crippen LogP contribution in [0.2, 0.25) is 5.02 Å². The predicted octanol–water partition coefficient (Wildman–Crippen LogP) is 2.53. The maximum absolute atomic E-state index is 6.02. The van der Waals surface area contributed by atoms with Crippen LogP contribution >= 0.6 is 27.5 Å². The first-order valence-corrected chi connectivity index (χ1v) is 5.32. The SMILES string of the molecule is COC(c1ncc(Br)cc1Cl)C(C)N. The maximum Gasteiger partial charge on any atom is 0.115 e. The third-order valence-electron chi connectivity index (χ3n) is 1.84. The van der Waals surface area contributed by atoms with Crippen molar-refractivity contribution < 1.29 is 4.74 Å². The van der Waals surface area contributed by atoms with Crippen LogP contribution in [0, 0.1) is 0 Å². The lowest BCUT2D eigenvalue weighted by atomic mass is 10.1. The molecule has 78 valence electrons. The van der Waals surface area contributed by atoms with Crippen molar-refractivity contribution in [3.05, 3.63) is 27.5 Å². The average molecular weight is 280 g/mol. The fraction of sp³-hybridized carbons (Fsp3) is 0.444. The van der Waals surface area contributed by atoms with E-state index in [1.165, 1.54) is 0 Å². The van der Waals surface area contributed by atoms with Crippen LogP contribution in [-0.2, 0) is 4.74 Å². The van der Waals surface area contributed by atoms with Gasteiger partial charge in [-0.05, 0) is 28.9 Å². The molecular formula is C9H12BrClN2O. The lowest BCUT2D eigenvalue weighted by Crippen LogP contribution is -2.27. The summed E-state index contributed by atoms with van der Waals surface area (Å²) in [6.45, 7) is 1.86. The van der Waals surface area contributed by atoms with Crippen molar-refractivity contribution in [2.75, 3.05) is 7.11 Å². The van der Waals surface area contributed by atoms with Crippen LogP contribution in [0.25, 0.3) is 0 Å². The molecule has 3 nitrogen and oxygen atoms in total. The third kappa shape index (κ3) is 2.67. The van der Waals surface area contributed by atoms with E-state index in [-0.39, 0.29) is 12.1 Å². The van der Waals surface area contributed by atoms with Crippen molar-refractivity contribution >= 4 is 27.5 Å². The van der Waals surface area contributed by atoms with Crippen LogP contribution in [0.15, 0.2) is 16.7 Å². The molecule has 2 unspecified atom stereocenters. The van der Waals surface area contributed by atoms with Crippen molar-refractivity contribution in [1.29, 1.82) is 0 Å². The summed E-state index contributed by atoms with van der Waals surface area (Å²) in [7, 11) is 1.59. The Kier molecular flexibility index (Phi) is 4.31. The zero-order valence-corrected chi connectivity index (χ0v) is 10.3. The van der Waals surface area contributed by atoms with E-state index in [9.17, 15) is 0 Å². The van der Waals surface area contributed by atoms with Crippen molar-refractivity contribution in [2.24, 2.45) is 5.73 Å². The Hall–Kier alpha value is -0.160. The van der Waals surface area contributed by atoms with Gasteiger partial charge in [-0.25, -0.2) is 0 Å². The number of nitrogens with two attached hydrogens (primary N) is 1. The van der Waals surface area contributed by atoms with Crippen molar-refractivity contribution in [3.8, 4) is 0 Å². The van der Waals surface area contributed by atoms with Crippen molar-refractivity contribution in [2.45, 2.75) is 19.1 Å². The number of hydrogen-bond acceptors (Lipinski definition) is 3. The summed E-state index contributed by atoms with van der Waals surface area (Å²) >= 11 is 9.30. The van der Waals surface area contributed by atoms with Crippen LogP contribution in [0.5, 0.6) is 0 Å². The zero-order valence-electron chi connectivity index (χ0n) is 8.00. The van der Waals surface area contributed by atoms with E-state index < -0.39 is 0 Å². The maximum atomic E-state index is 6.02. The number of aromatic nitrogens is 1. The summed E-state index contributed by atoms with van der Waals surface area (Å²) in [6, 6.07) is 1.63. The second-order valence-corrected chi connectivity index (χ2v) is 4.36. The Bertz CT molecular complexity index is 320. The van der Waals surface area contributed by atoms with E-state index in [4.69, 9.17) is 22.1 Å². The molecule has 2 N–H and O–H groups in total. The Morgan fingerprint density at radius 2 is 2.29 bits per heavy atom. The fourth-order valence-corrected chi connectivity index (χ4v) is 1.95. The minimum Gasteiger partial charge on any atom is -0.373 e. The first-order chi connectivity index (χ1) is 6.56. The number of methoxy groups -OCH3 is 1. The summed E-state index contributed by atoms with van der Waals surface area (Å²) < 4.78 is 6.07. The van der Waals surface area contributed by atoms with Crippen LogP contribution in [0.3, 0.4) is 0 Å². The predicted molar refractivity (Wildman–Crippen MR) is 60.3 cm³/mol. The molecule has 0 aromatic carbocycles. The summed E-state index contributed by atoms with van der Waals surface area (Å²) in [4.78, 5) is 4.19. The van der Waals surface area contributed by atoms with Gasteiger partial charge in [-0.15, -0.1) is 0 Å². The molecule has 0 spiro atoms. The summed E-state index contributed by atoms with van der Waals surface area (Å²) in [5.41, 5.74) is 6.42. The molecule has 0 radical (unpaired) electrons. The summed E-state index contributed by atoms with van der Waals surface area (Å²) in [5.74, 6) is 0. The highest BCUT2D eigenvalue weighted by molar-refractivity contribution is 9.10. The highest BCUT2D eigenvalue weighted by Crippen LogP contribution is 2.27. The number of hydrogen-bond donors (Lipinski definition) is 1. The zero-order chi connectivity index (χ0) is 10.7. The van der Waals surface area contributed by atoms with Crippen molar-refractivity contribution in [3.63, 3.8) is 0 Å². The molecular weight excluding hydrogens is 267 g/mol. The largest absolute Gasteiger partial charge is 0.373 e. The summed E-state index contributed by atoms with van der Waals surface area (Å²) in [5, 5.41) is 0.559. The van der Waals surface area contributed by atoms with E-state index in [1.807, 2.05) is 6.92 Å². The molecule has 0 saturated heterocycles. The molecule has 1 heterocycles. The summed E-state index contributed by atoms with van der Waals surface area (Å²) in [6.07, 6.45) is 1.41. The van der Waals surface area contributed by atoms with Gasteiger partial charge in [-0.2, -0.15) is 0 Å². The molecule has 1 aromatic heterocycles. The van der Waals surface area contributed by atoms with Gasteiger partial charge in [0.05, 0.1) is 10.7 Å². The highest BCUT2D eigenvalue weighted by Gasteiger charge is 2.19. The van der Waals surface area contributed by atoms with Gasteiger partial charge >= 0.3 is 0 Å². The number of pyridine rings is 1. The smallest absolute Gasteiger partial charge is 0.115 e. The third-order valence-corrected chi connectivity index (χ3v) is 2.57. The van der Waals surface area contributed by atoms with Gasteiger partial charge in [0.2, 0.25) is 0 Å². The highest BCUT2D eigenvalue weighted by atomic mass is 79.9. The molecule has 1 aromatic rings. The molecule has 2 atom stereocenters.